The van der Waals surface area contributed by atoms with Crippen LogP contribution in [-0.2, 0) is 17.8 Å². The second kappa shape index (κ2) is 4.72. The highest BCUT2D eigenvalue weighted by Crippen LogP contribution is 2.08. The van der Waals surface area contributed by atoms with Gasteiger partial charge >= 0.3 is 5.97 Å². The van der Waals surface area contributed by atoms with E-state index in [2.05, 4.69) is 9.72 Å². The molecular formula is C10H13NO3. The molecule has 0 aliphatic carbocycles. The third-order valence-electron chi connectivity index (χ3n) is 1.88. The minimum atomic E-state index is -0.406. The molecule has 4 nitrogen and oxygen atoms in total. The van der Waals surface area contributed by atoms with Crippen LogP contribution in [0.25, 0.3) is 0 Å². The average Bonchev–Trinajstić information content (AvgIpc) is 2.27. The number of hydrogen-bond acceptors (Lipinski definition) is 4. The summed E-state index contributed by atoms with van der Waals surface area (Å²) >= 11 is 0. The number of methoxy groups -OCH3 is 1. The second-order valence-corrected chi connectivity index (χ2v) is 2.84. The van der Waals surface area contributed by atoms with Gasteiger partial charge in [-0.3, -0.25) is 4.98 Å². The first kappa shape index (κ1) is 10.7. The van der Waals surface area contributed by atoms with Crippen LogP contribution in [-0.4, -0.2) is 23.2 Å². The molecule has 0 saturated carbocycles. The summed E-state index contributed by atoms with van der Waals surface area (Å²) in [4.78, 5) is 15.3. The van der Waals surface area contributed by atoms with Gasteiger partial charge in [0.05, 0.1) is 25.0 Å². The Morgan fingerprint density at radius 1 is 1.50 bits per heavy atom. The normalized spacial score (nSPS) is 9.93. The van der Waals surface area contributed by atoms with Crippen LogP contribution in [0.3, 0.4) is 0 Å². The fraction of sp³-hybridized carbons (Fsp3) is 0.400. The molecule has 0 aliphatic rings. The smallest absolute Gasteiger partial charge is 0.337 e. The van der Waals surface area contributed by atoms with Gasteiger partial charge in [0.25, 0.3) is 0 Å². The molecule has 0 atom stereocenters. The fourth-order valence-electron chi connectivity index (χ4n) is 1.15. The van der Waals surface area contributed by atoms with Crippen molar-refractivity contribution in [3.05, 3.63) is 29.1 Å². The molecule has 76 valence electrons. The first-order chi connectivity index (χ1) is 6.71. The highest BCUT2D eigenvalue weighted by Gasteiger charge is 2.08. The number of esters is 1. The van der Waals surface area contributed by atoms with E-state index in [1.807, 2.05) is 6.92 Å². The number of rotatable bonds is 3. The van der Waals surface area contributed by atoms with Gasteiger partial charge in [-0.1, -0.05) is 6.92 Å². The molecule has 0 aromatic carbocycles. The van der Waals surface area contributed by atoms with Gasteiger partial charge in [0.2, 0.25) is 0 Å². The summed E-state index contributed by atoms with van der Waals surface area (Å²) in [6.45, 7) is 1.77. The van der Waals surface area contributed by atoms with E-state index in [-0.39, 0.29) is 6.61 Å². The van der Waals surface area contributed by atoms with Gasteiger partial charge in [-0.05, 0) is 18.6 Å². The van der Waals surface area contributed by atoms with Crippen LogP contribution in [0, 0.1) is 0 Å². The topological polar surface area (TPSA) is 59.4 Å². The number of hydrogen-bond donors (Lipinski definition) is 1. The molecule has 0 unspecified atom stereocenters. The fourth-order valence-corrected chi connectivity index (χ4v) is 1.15. The maximum Gasteiger partial charge on any atom is 0.337 e. The van der Waals surface area contributed by atoms with E-state index < -0.39 is 5.97 Å². The number of carbonyl (C=O) groups excluding carboxylic acids is 1. The van der Waals surface area contributed by atoms with E-state index in [4.69, 9.17) is 5.11 Å². The van der Waals surface area contributed by atoms with E-state index in [9.17, 15) is 4.79 Å². The van der Waals surface area contributed by atoms with Crippen LogP contribution < -0.4 is 0 Å². The maximum absolute atomic E-state index is 11.2. The zero-order valence-electron chi connectivity index (χ0n) is 8.28. The van der Waals surface area contributed by atoms with Crippen LogP contribution >= 0.6 is 0 Å². The largest absolute Gasteiger partial charge is 0.465 e. The zero-order valence-corrected chi connectivity index (χ0v) is 8.28. The Morgan fingerprint density at radius 3 is 2.64 bits per heavy atom. The van der Waals surface area contributed by atoms with Gasteiger partial charge in [0.1, 0.15) is 0 Å². The lowest BCUT2D eigenvalue weighted by molar-refractivity contribution is 0.0600. The monoisotopic (exact) mass is 195 g/mol. The number of aliphatic hydroxyl groups excluding tert-OH is 1. The summed E-state index contributed by atoms with van der Waals surface area (Å²) in [5, 5.41) is 8.92. The van der Waals surface area contributed by atoms with Crippen molar-refractivity contribution in [1.29, 1.82) is 0 Å². The molecule has 0 fully saturated rings. The van der Waals surface area contributed by atoms with E-state index in [0.29, 0.717) is 11.3 Å². The van der Waals surface area contributed by atoms with Crippen molar-refractivity contribution < 1.29 is 14.6 Å². The molecule has 0 radical (unpaired) electrons. The Labute approximate surface area is 82.5 Å². The third kappa shape index (κ3) is 2.29. The summed E-state index contributed by atoms with van der Waals surface area (Å²) in [5.41, 5.74) is 1.70. The molecule has 1 aromatic rings. The van der Waals surface area contributed by atoms with Gasteiger partial charge in [-0.2, -0.15) is 0 Å². The van der Waals surface area contributed by atoms with Crippen molar-refractivity contribution in [2.45, 2.75) is 20.0 Å². The summed E-state index contributed by atoms with van der Waals surface area (Å²) < 4.78 is 4.59. The van der Waals surface area contributed by atoms with Gasteiger partial charge in [-0.15, -0.1) is 0 Å². The lowest BCUT2D eigenvalue weighted by Gasteiger charge is -2.04. The quantitative estimate of drug-likeness (QED) is 0.729. The molecule has 1 rings (SSSR count). The molecule has 0 spiro atoms. The molecule has 0 aliphatic heterocycles. The minimum absolute atomic E-state index is 0.169. The standard InChI is InChI=1S/C10H13NO3/c1-3-8-4-7(10(13)14-2)5-9(6-12)11-8/h4-5,12H,3,6H2,1-2H3. The second-order valence-electron chi connectivity index (χ2n) is 2.84. The van der Waals surface area contributed by atoms with Crippen LogP contribution in [0.4, 0.5) is 0 Å². The Kier molecular flexibility index (Phi) is 3.59. The first-order valence-electron chi connectivity index (χ1n) is 4.40. The Hall–Kier alpha value is -1.42. The van der Waals surface area contributed by atoms with Crippen molar-refractivity contribution in [2.24, 2.45) is 0 Å². The van der Waals surface area contributed by atoms with Crippen LogP contribution in [0.5, 0.6) is 0 Å². The van der Waals surface area contributed by atoms with E-state index in [1.54, 1.807) is 6.07 Å². The molecule has 1 heterocycles. The molecular weight excluding hydrogens is 182 g/mol. The molecule has 0 bridgehead atoms. The number of aryl methyl sites for hydroxylation is 1. The Morgan fingerprint density at radius 2 is 2.14 bits per heavy atom. The Bertz CT molecular complexity index is 314. The van der Waals surface area contributed by atoms with Crippen molar-refractivity contribution in [1.82, 2.24) is 4.98 Å². The van der Waals surface area contributed by atoms with Crippen molar-refractivity contribution in [3.8, 4) is 0 Å². The minimum Gasteiger partial charge on any atom is -0.465 e. The van der Waals surface area contributed by atoms with Gasteiger partial charge in [0.15, 0.2) is 0 Å². The number of pyridine rings is 1. The van der Waals surface area contributed by atoms with Crippen molar-refractivity contribution in [2.75, 3.05) is 7.11 Å². The molecule has 14 heavy (non-hydrogen) atoms. The number of aliphatic hydroxyl groups is 1. The summed E-state index contributed by atoms with van der Waals surface area (Å²) in [5.74, 6) is -0.406. The highest BCUT2D eigenvalue weighted by atomic mass is 16.5. The lowest BCUT2D eigenvalue weighted by atomic mass is 10.1. The zero-order chi connectivity index (χ0) is 10.6. The predicted octanol–water partition coefficient (Wildman–Crippen LogP) is 0.923. The van der Waals surface area contributed by atoms with Crippen molar-refractivity contribution in [3.63, 3.8) is 0 Å². The van der Waals surface area contributed by atoms with E-state index in [0.717, 1.165) is 12.1 Å². The predicted molar refractivity (Wildman–Crippen MR) is 50.9 cm³/mol. The molecule has 0 amide bonds. The number of aromatic nitrogens is 1. The summed E-state index contributed by atoms with van der Waals surface area (Å²) in [6, 6.07) is 3.20. The number of nitrogens with zero attached hydrogens (tertiary/aromatic N) is 1. The van der Waals surface area contributed by atoms with Gasteiger partial charge in [-0.25, -0.2) is 4.79 Å². The third-order valence-corrected chi connectivity index (χ3v) is 1.88. The van der Waals surface area contributed by atoms with Gasteiger partial charge < -0.3 is 9.84 Å². The molecule has 1 N–H and O–H groups in total. The summed E-state index contributed by atoms with van der Waals surface area (Å²) in [6.07, 6.45) is 0.720. The molecule has 1 aromatic heterocycles. The van der Waals surface area contributed by atoms with E-state index in [1.165, 1.54) is 13.2 Å². The van der Waals surface area contributed by atoms with Crippen LogP contribution in [0.2, 0.25) is 0 Å². The molecule has 4 heteroatoms. The number of ether oxygens (including phenoxy) is 1. The van der Waals surface area contributed by atoms with Crippen LogP contribution in [0.15, 0.2) is 12.1 Å². The van der Waals surface area contributed by atoms with E-state index >= 15 is 0 Å². The van der Waals surface area contributed by atoms with Gasteiger partial charge in [0, 0.05) is 5.69 Å². The number of carbonyl (C=O) groups is 1. The van der Waals surface area contributed by atoms with Crippen LogP contribution in [0.1, 0.15) is 28.7 Å². The van der Waals surface area contributed by atoms with Crippen molar-refractivity contribution >= 4 is 5.97 Å². The average molecular weight is 195 g/mol. The first-order valence-corrected chi connectivity index (χ1v) is 4.40. The maximum atomic E-state index is 11.2. The lowest BCUT2D eigenvalue weighted by Crippen LogP contribution is -2.05. The molecule has 0 saturated heterocycles. The summed E-state index contributed by atoms with van der Waals surface area (Å²) in [7, 11) is 1.33. The SMILES string of the molecule is CCc1cc(C(=O)OC)cc(CO)n1. The highest BCUT2D eigenvalue weighted by molar-refractivity contribution is 5.89. The Balaban J connectivity index is 3.10.